The van der Waals surface area contributed by atoms with E-state index in [0.717, 1.165) is 12.1 Å². The third-order valence-corrected chi connectivity index (χ3v) is 3.01. The van der Waals surface area contributed by atoms with Crippen LogP contribution in [-0.4, -0.2) is 17.3 Å². The lowest BCUT2D eigenvalue weighted by molar-refractivity contribution is 0.210. The zero-order valence-electron chi connectivity index (χ0n) is 8.18. The van der Waals surface area contributed by atoms with Crippen LogP contribution in [0.1, 0.15) is 18.9 Å². The normalized spacial score (nSPS) is 24.5. The molecule has 1 aliphatic rings. The van der Waals surface area contributed by atoms with Crippen LogP contribution >= 0.6 is 0 Å². The van der Waals surface area contributed by atoms with E-state index in [4.69, 9.17) is 0 Å². The Balaban J connectivity index is 2.38. The highest BCUT2D eigenvalue weighted by atomic mass is 19.1. The molecule has 1 atom stereocenters. The van der Waals surface area contributed by atoms with Gasteiger partial charge in [0.15, 0.2) is 0 Å². The van der Waals surface area contributed by atoms with E-state index >= 15 is 0 Å². The molecule has 0 fully saturated rings. The number of nitrogens with one attached hydrogen (secondary N) is 1. The van der Waals surface area contributed by atoms with Crippen molar-refractivity contribution in [3.8, 4) is 0 Å². The quantitative estimate of drug-likeness (QED) is 0.755. The van der Waals surface area contributed by atoms with Crippen LogP contribution in [0.5, 0.6) is 0 Å². The second-order valence-corrected chi connectivity index (χ2v) is 3.86. The summed E-state index contributed by atoms with van der Waals surface area (Å²) in [4.78, 5) is 0. The van der Waals surface area contributed by atoms with Crippen LogP contribution in [-0.2, 0) is 6.42 Å². The molecule has 0 bridgehead atoms. The summed E-state index contributed by atoms with van der Waals surface area (Å²) in [6.07, 6.45) is 1.36. The topological polar surface area (TPSA) is 32.3 Å². The van der Waals surface area contributed by atoms with Crippen LogP contribution in [0.3, 0.4) is 0 Å². The number of hydrogen-bond acceptors (Lipinski definition) is 2. The molecule has 0 amide bonds. The lowest BCUT2D eigenvalue weighted by atomic mass is 9.93. The predicted octanol–water partition coefficient (Wildman–Crippen LogP) is 1.93. The van der Waals surface area contributed by atoms with E-state index in [1.807, 2.05) is 13.0 Å². The van der Waals surface area contributed by atoms with Crippen LogP contribution in [0.15, 0.2) is 18.2 Å². The minimum Gasteiger partial charge on any atom is -0.394 e. The second-order valence-electron chi connectivity index (χ2n) is 3.86. The third kappa shape index (κ3) is 1.28. The van der Waals surface area contributed by atoms with Crippen molar-refractivity contribution in [1.82, 2.24) is 0 Å². The van der Waals surface area contributed by atoms with Gasteiger partial charge in [-0.05, 0) is 18.6 Å². The van der Waals surface area contributed by atoms with Crippen molar-refractivity contribution < 1.29 is 9.50 Å². The highest BCUT2D eigenvalue weighted by Gasteiger charge is 2.35. The smallest absolute Gasteiger partial charge is 0.128 e. The van der Waals surface area contributed by atoms with Gasteiger partial charge < -0.3 is 10.4 Å². The first-order valence-electron chi connectivity index (χ1n) is 4.87. The number of aliphatic hydroxyl groups is 1. The fourth-order valence-electron chi connectivity index (χ4n) is 1.94. The molecule has 76 valence electrons. The van der Waals surface area contributed by atoms with E-state index in [0.29, 0.717) is 12.0 Å². The third-order valence-electron chi connectivity index (χ3n) is 3.01. The summed E-state index contributed by atoms with van der Waals surface area (Å²) in [5.74, 6) is -0.182. The van der Waals surface area contributed by atoms with Crippen molar-refractivity contribution in [2.24, 2.45) is 0 Å². The predicted molar refractivity (Wildman–Crippen MR) is 53.8 cm³/mol. The molecule has 2 N–H and O–H groups in total. The van der Waals surface area contributed by atoms with Gasteiger partial charge in [-0.3, -0.25) is 0 Å². The maximum atomic E-state index is 13.4. The Morgan fingerprint density at radius 2 is 2.36 bits per heavy atom. The molecule has 2 nitrogen and oxygen atoms in total. The average molecular weight is 195 g/mol. The van der Waals surface area contributed by atoms with Gasteiger partial charge in [-0.2, -0.15) is 0 Å². The van der Waals surface area contributed by atoms with E-state index in [1.54, 1.807) is 6.07 Å². The van der Waals surface area contributed by atoms with Gasteiger partial charge in [0.1, 0.15) is 5.82 Å². The number of fused-ring (bicyclic) bond motifs is 1. The molecular formula is C11H14FNO. The van der Waals surface area contributed by atoms with Gasteiger partial charge in [0.25, 0.3) is 0 Å². The molecule has 2 rings (SSSR count). The van der Waals surface area contributed by atoms with Crippen LogP contribution < -0.4 is 5.32 Å². The number of rotatable bonds is 2. The van der Waals surface area contributed by atoms with Gasteiger partial charge in [-0.25, -0.2) is 4.39 Å². The highest BCUT2D eigenvalue weighted by Crippen LogP contribution is 2.35. The summed E-state index contributed by atoms with van der Waals surface area (Å²) < 4.78 is 13.4. The number of aliphatic hydroxyl groups excluding tert-OH is 1. The minimum absolute atomic E-state index is 0.0393. The molecular weight excluding hydrogens is 181 g/mol. The monoisotopic (exact) mass is 195 g/mol. The summed E-state index contributed by atoms with van der Waals surface area (Å²) in [7, 11) is 0. The fraction of sp³-hybridized carbons (Fsp3) is 0.455. The van der Waals surface area contributed by atoms with Crippen molar-refractivity contribution in [2.45, 2.75) is 25.3 Å². The molecule has 1 aromatic carbocycles. The molecule has 1 unspecified atom stereocenters. The Morgan fingerprint density at radius 3 is 2.93 bits per heavy atom. The molecule has 0 saturated carbocycles. The van der Waals surface area contributed by atoms with Crippen LogP contribution in [0.2, 0.25) is 0 Å². The van der Waals surface area contributed by atoms with Gasteiger partial charge >= 0.3 is 0 Å². The van der Waals surface area contributed by atoms with E-state index in [9.17, 15) is 9.50 Å². The molecule has 3 heteroatoms. The molecule has 1 aliphatic heterocycles. The summed E-state index contributed by atoms with van der Waals surface area (Å²) in [6, 6.07) is 5.00. The van der Waals surface area contributed by atoms with Gasteiger partial charge in [0.05, 0.1) is 12.1 Å². The van der Waals surface area contributed by atoms with Crippen molar-refractivity contribution in [2.75, 3.05) is 11.9 Å². The molecule has 0 radical (unpaired) electrons. The lowest BCUT2D eigenvalue weighted by Gasteiger charge is -2.25. The SMILES string of the molecule is CCC1(CO)Cc2c(F)cccc2N1. The van der Waals surface area contributed by atoms with E-state index < -0.39 is 0 Å². The summed E-state index contributed by atoms with van der Waals surface area (Å²) in [6.45, 7) is 2.03. The van der Waals surface area contributed by atoms with Crippen molar-refractivity contribution >= 4 is 5.69 Å². The molecule has 0 aliphatic carbocycles. The van der Waals surface area contributed by atoms with Gasteiger partial charge in [-0.15, -0.1) is 0 Å². The Labute approximate surface area is 82.8 Å². The summed E-state index contributed by atoms with van der Waals surface area (Å²) >= 11 is 0. The van der Waals surface area contributed by atoms with Crippen LogP contribution in [0.4, 0.5) is 10.1 Å². The first-order chi connectivity index (χ1) is 6.71. The van der Waals surface area contributed by atoms with Crippen molar-refractivity contribution in [1.29, 1.82) is 0 Å². The molecule has 14 heavy (non-hydrogen) atoms. The molecule has 0 saturated heterocycles. The zero-order chi connectivity index (χ0) is 10.2. The van der Waals surface area contributed by atoms with Crippen LogP contribution in [0, 0.1) is 5.82 Å². The molecule has 0 aromatic heterocycles. The van der Waals surface area contributed by atoms with E-state index in [1.165, 1.54) is 6.07 Å². The molecule has 1 heterocycles. The van der Waals surface area contributed by atoms with Crippen LogP contribution in [0.25, 0.3) is 0 Å². The Bertz CT molecular complexity index is 347. The standard InChI is InChI=1S/C11H14FNO/c1-2-11(7-14)6-8-9(12)4-3-5-10(8)13-11/h3-5,13-14H,2,6-7H2,1H3. The number of hydrogen-bond donors (Lipinski definition) is 2. The highest BCUT2D eigenvalue weighted by molar-refractivity contribution is 5.59. The maximum Gasteiger partial charge on any atom is 0.128 e. The first kappa shape index (κ1) is 9.46. The summed E-state index contributed by atoms with van der Waals surface area (Å²) in [5, 5.41) is 12.5. The number of benzene rings is 1. The van der Waals surface area contributed by atoms with Gasteiger partial charge in [0.2, 0.25) is 0 Å². The molecule has 1 aromatic rings. The average Bonchev–Trinajstić information content (AvgIpc) is 2.59. The Hall–Kier alpha value is -1.09. The van der Waals surface area contributed by atoms with Crippen molar-refractivity contribution in [3.63, 3.8) is 0 Å². The first-order valence-corrected chi connectivity index (χ1v) is 4.87. The lowest BCUT2D eigenvalue weighted by Crippen LogP contribution is -2.39. The van der Waals surface area contributed by atoms with E-state index in [-0.39, 0.29) is 18.0 Å². The summed E-state index contributed by atoms with van der Waals surface area (Å²) in [5.41, 5.74) is 1.16. The number of halogens is 1. The maximum absolute atomic E-state index is 13.4. The van der Waals surface area contributed by atoms with Gasteiger partial charge in [-0.1, -0.05) is 13.0 Å². The largest absolute Gasteiger partial charge is 0.394 e. The minimum atomic E-state index is -0.357. The Morgan fingerprint density at radius 1 is 1.57 bits per heavy atom. The molecule has 0 spiro atoms. The van der Waals surface area contributed by atoms with E-state index in [2.05, 4.69) is 5.32 Å². The second kappa shape index (κ2) is 3.24. The number of anilines is 1. The Kier molecular flexibility index (Phi) is 2.19. The zero-order valence-corrected chi connectivity index (χ0v) is 8.18. The van der Waals surface area contributed by atoms with Crippen molar-refractivity contribution in [3.05, 3.63) is 29.6 Å². The fourth-order valence-corrected chi connectivity index (χ4v) is 1.94. The van der Waals surface area contributed by atoms with Gasteiger partial charge in [0, 0.05) is 17.7 Å².